The smallest absolute Gasteiger partial charge is 0.346 e. The van der Waals surface area contributed by atoms with Crippen LogP contribution < -0.4 is 11.1 Å². The molecule has 0 aromatic rings. The summed E-state index contributed by atoms with van der Waals surface area (Å²) >= 11 is 1.28. The zero-order valence-electron chi connectivity index (χ0n) is 9.34. The molecule has 2 saturated heterocycles. The fraction of sp³-hybridized carbons (Fsp3) is 0.667. The highest BCUT2D eigenvalue weighted by Crippen LogP contribution is 2.54. The first-order chi connectivity index (χ1) is 7.77. The molecule has 8 heteroatoms. The van der Waals surface area contributed by atoms with E-state index in [2.05, 4.69) is 5.32 Å². The molecule has 2 aliphatic rings. The largest absolute Gasteiger partial charge is 0.478 e. The Labute approximate surface area is 102 Å². The maximum atomic E-state index is 11.8. The van der Waals surface area contributed by atoms with Crippen LogP contribution in [0.25, 0.3) is 0 Å². The Hall–Kier alpha value is -1.28. The van der Waals surface area contributed by atoms with Crippen LogP contribution in [0.5, 0.6) is 0 Å². The summed E-state index contributed by atoms with van der Waals surface area (Å²) in [6.45, 7) is 3.35. The quantitative estimate of drug-likeness (QED) is 0.421. The Balaban J connectivity index is 2.36. The summed E-state index contributed by atoms with van der Waals surface area (Å²) in [5.41, 5.74) is 4.15. The van der Waals surface area contributed by atoms with E-state index < -0.39 is 33.7 Å². The minimum Gasteiger partial charge on any atom is -0.478 e. The van der Waals surface area contributed by atoms with Gasteiger partial charge in [-0.2, -0.15) is 0 Å². The van der Waals surface area contributed by atoms with Gasteiger partial charge in [0.05, 0.1) is 4.75 Å². The number of carboxylic acids is 1. The Morgan fingerprint density at radius 1 is 1.65 bits per heavy atom. The molecule has 94 valence electrons. The number of hydrogen-bond acceptors (Lipinski definition) is 5. The number of hydrogen-bond donors (Lipinski definition) is 3. The number of amides is 2. The molecule has 17 heavy (non-hydrogen) atoms. The van der Waals surface area contributed by atoms with Crippen molar-refractivity contribution in [2.45, 2.75) is 35.7 Å². The van der Waals surface area contributed by atoms with Crippen molar-refractivity contribution in [2.24, 2.45) is 5.73 Å². The van der Waals surface area contributed by atoms with Gasteiger partial charge in [0.15, 0.2) is 0 Å². The molecular formula is C9H13N3O4S. The molecule has 0 spiro atoms. The zero-order chi connectivity index (χ0) is 13.0. The first-order valence-electron chi connectivity index (χ1n) is 5.00. The second-order valence-corrected chi connectivity index (χ2v) is 6.30. The SMILES string of the molecule is CC1(C)S[C@@H]2[C@@H](NC=O)C(=O)N2[C@@]1(N)C(=O)O. The monoisotopic (exact) mass is 259 g/mol. The first kappa shape index (κ1) is 12.2. The number of fused-ring (bicyclic) bond motifs is 1. The molecule has 2 rings (SSSR count). The van der Waals surface area contributed by atoms with E-state index in [1.54, 1.807) is 13.8 Å². The topological polar surface area (TPSA) is 113 Å². The molecule has 2 aliphatic heterocycles. The summed E-state index contributed by atoms with van der Waals surface area (Å²) < 4.78 is -0.821. The van der Waals surface area contributed by atoms with Crippen LogP contribution in [0.1, 0.15) is 13.8 Å². The van der Waals surface area contributed by atoms with Gasteiger partial charge in [-0.25, -0.2) is 4.79 Å². The number of carboxylic acid groups (broad SMARTS) is 1. The van der Waals surface area contributed by atoms with Gasteiger partial charge in [0, 0.05) is 0 Å². The molecule has 3 atom stereocenters. The van der Waals surface area contributed by atoms with Crippen molar-refractivity contribution in [3.8, 4) is 0 Å². The lowest BCUT2D eigenvalue weighted by Crippen LogP contribution is -2.78. The molecule has 7 nitrogen and oxygen atoms in total. The van der Waals surface area contributed by atoms with Crippen molar-refractivity contribution in [2.75, 3.05) is 0 Å². The van der Waals surface area contributed by atoms with Crippen LogP contribution >= 0.6 is 11.8 Å². The fourth-order valence-electron chi connectivity index (χ4n) is 2.23. The minimum absolute atomic E-state index is 0.413. The van der Waals surface area contributed by atoms with Crippen LogP contribution in [0.15, 0.2) is 0 Å². The predicted octanol–water partition coefficient (Wildman–Crippen LogP) is -1.47. The molecule has 0 aromatic heterocycles. The predicted molar refractivity (Wildman–Crippen MR) is 59.8 cm³/mol. The van der Waals surface area contributed by atoms with Crippen LogP contribution in [0.2, 0.25) is 0 Å². The standard InChI is InChI=1S/C9H13N3O4S/c1-8(2)9(10,7(15)16)12-5(14)4(11-3-13)6(12)17-8/h3-4,6H,10H2,1-2H3,(H,11,13)(H,15,16)/t4-,6+,9-/m0/s1. The van der Waals surface area contributed by atoms with Crippen molar-refractivity contribution in [3.05, 3.63) is 0 Å². The van der Waals surface area contributed by atoms with Gasteiger partial charge in [0.1, 0.15) is 11.4 Å². The summed E-state index contributed by atoms with van der Waals surface area (Å²) in [6.07, 6.45) is 0.435. The number of β-lactam (4-membered cyclic amide) rings is 1. The average Bonchev–Trinajstić information content (AvgIpc) is 2.42. The van der Waals surface area contributed by atoms with Crippen LogP contribution in [-0.2, 0) is 14.4 Å². The number of carbonyl (C=O) groups excluding carboxylic acids is 2. The number of rotatable bonds is 3. The van der Waals surface area contributed by atoms with Crippen molar-refractivity contribution < 1.29 is 19.5 Å². The highest BCUT2D eigenvalue weighted by molar-refractivity contribution is 8.01. The summed E-state index contributed by atoms with van der Waals surface area (Å²) in [7, 11) is 0. The van der Waals surface area contributed by atoms with E-state index in [4.69, 9.17) is 5.73 Å². The second kappa shape index (κ2) is 3.36. The maximum Gasteiger partial charge on any atom is 0.346 e. The molecule has 0 saturated carbocycles. The van der Waals surface area contributed by atoms with E-state index in [0.717, 1.165) is 4.90 Å². The lowest BCUT2D eigenvalue weighted by Gasteiger charge is -2.47. The molecule has 2 heterocycles. The minimum atomic E-state index is -1.74. The van der Waals surface area contributed by atoms with E-state index in [9.17, 15) is 19.5 Å². The Morgan fingerprint density at radius 3 is 2.71 bits per heavy atom. The summed E-state index contributed by atoms with van der Waals surface area (Å²) in [5, 5.41) is 11.2. The number of carbonyl (C=O) groups is 3. The molecule has 0 aromatic carbocycles. The van der Waals surface area contributed by atoms with Gasteiger partial charge in [0.25, 0.3) is 5.91 Å². The highest BCUT2D eigenvalue weighted by Gasteiger charge is 2.71. The molecule has 2 amide bonds. The molecule has 4 N–H and O–H groups in total. The highest BCUT2D eigenvalue weighted by atomic mass is 32.2. The van der Waals surface area contributed by atoms with Crippen LogP contribution in [0.3, 0.4) is 0 Å². The third-order valence-electron chi connectivity index (χ3n) is 3.33. The van der Waals surface area contributed by atoms with E-state index >= 15 is 0 Å². The molecule has 0 unspecified atom stereocenters. The third-order valence-corrected chi connectivity index (χ3v) is 4.95. The summed E-state index contributed by atoms with van der Waals surface area (Å²) in [5.74, 6) is -1.69. The summed E-state index contributed by atoms with van der Waals surface area (Å²) in [6, 6.07) is -0.679. The molecule has 2 fully saturated rings. The van der Waals surface area contributed by atoms with Crippen LogP contribution in [0, 0.1) is 0 Å². The van der Waals surface area contributed by atoms with Crippen LogP contribution in [-0.4, -0.2) is 50.1 Å². The van der Waals surface area contributed by atoms with E-state index in [-0.39, 0.29) is 0 Å². The van der Waals surface area contributed by atoms with E-state index in [0.29, 0.717) is 6.41 Å². The first-order valence-corrected chi connectivity index (χ1v) is 5.88. The van der Waals surface area contributed by atoms with Crippen molar-refractivity contribution in [1.82, 2.24) is 10.2 Å². The van der Waals surface area contributed by atoms with E-state index in [1.165, 1.54) is 11.8 Å². The maximum absolute atomic E-state index is 11.8. The van der Waals surface area contributed by atoms with Crippen LogP contribution in [0.4, 0.5) is 0 Å². The Morgan fingerprint density at radius 2 is 2.24 bits per heavy atom. The van der Waals surface area contributed by atoms with Gasteiger partial charge < -0.3 is 10.4 Å². The normalized spacial score (nSPS) is 38.3. The van der Waals surface area contributed by atoms with Crippen molar-refractivity contribution in [3.63, 3.8) is 0 Å². The summed E-state index contributed by atoms with van der Waals surface area (Å²) in [4.78, 5) is 34.6. The Kier molecular flexibility index (Phi) is 2.41. The molecule has 0 aliphatic carbocycles. The third kappa shape index (κ3) is 1.25. The van der Waals surface area contributed by atoms with Gasteiger partial charge in [-0.1, -0.05) is 0 Å². The van der Waals surface area contributed by atoms with Crippen molar-refractivity contribution >= 4 is 30.0 Å². The number of aliphatic carboxylic acids is 1. The lowest BCUT2D eigenvalue weighted by atomic mass is 9.90. The number of nitrogens with zero attached hydrogens (tertiary/aromatic N) is 1. The van der Waals surface area contributed by atoms with Gasteiger partial charge in [-0.05, 0) is 13.8 Å². The van der Waals surface area contributed by atoms with Gasteiger partial charge >= 0.3 is 5.97 Å². The number of nitrogens with two attached hydrogens (primary N) is 1. The van der Waals surface area contributed by atoms with Gasteiger partial charge in [-0.15, -0.1) is 11.8 Å². The molecule has 0 bridgehead atoms. The zero-order valence-corrected chi connectivity index (χ0v) is 10.2. The lowest BCUT2D eigenvalue weighted by molar-refractivity contribution is -0.171. The number of nitrogens with one attached hydrogen (secondary N) is 1. The van der Waals surface area contributed by atoms with Crippen molar-refractivity contribution in [1.29, 1.82) is 0 Å². The number of thioether (sulfide) groups is 1. The van der Waals surface area contributed by atoms with Gasteiger partial charge in [0.2, 0.25) is 12.1 Å². The Bertz CT molecular complexity index is 413. The fourth-order valence-corrected chi connectivity index (χ4v) is 3.90. The van der Waals surface area contributed by atoms with E-state index in [1.807, 2.05) is 0 Å². The molecular weight excluding hydrogens is 246 g/mol. The average molecular weight is 259 g/mol. The second-order valence-electron chi connectivity index (χ2n) is 4.56. The van der Waals surface area contributed by atoms with Gasteiger partial charge in [-0.3, -0.25) is 20.2 Å². The molecule has 0 radical (unpaired) electrons.